The van der Waals surface area contributed by atoms with Gasteiger partial charge in [0.25, 0.3) is 11.8 Å². The number of amides is 4. The number of esters is 1. The number of benzene rings is 1. The van der Waals surface area contributed by atoms with Crippen molar-refractivity contribution in [3.63, 3.8) is 0 Å². The third-order valence-corrected chi connectivity index (χ3v) is 5.87. The fraction of sp³-hybridized carbons (Fsp3) is 0.444. The molecule has 0 unspecified atom stereocenters. The molecular formula is C27H36N8O7. The Morgan fingerprint density at radius 2 is 1.86 bits per heavy atom. The van der Waals surface area contributed by atoms with Crippen LogP contribution in [0.15, 0.2) is 36.4 Å². The van der Waals surface area contributed by atoms with Crippen molar-refractivity contribution < 1.29 is 33.4 Å². The molecule has 0 bridgehead atoms. The Balaban J connectivity index is 1.58. The van der Waals surface area contributed by atoms with E-state index in [1.165, 1.54) is 10.7 Å². The average Bonchev–Trinajstić information content (AvgIpc) is 3.35. The molecule has 0 saturated heterocycles. The number of nitrogens with two attached hydrogens (primary N) is 1. The van der Waals surface area contributed by atoms with Gasteiger partial charge in [-0.1, -0.05) is 30.3 Å². The number of carbonyl (C=O) groups is 5. The molecule has 1 aliphatic heterocycles. The summed E-state index contributed by atoms with van der Waals surface area (Å²) in [5, 5.41) is 18.5. The first-order valence-electron chi connectivity index (χ1n) is 13.3. The standard InChI is InChI=1S/C27H36N8O7/c1-27(2,3)42-24(39)19(31-26(40)41-16-17-8-5-4-6-9-17)15-30-22(37)18-14-20-23(38)34(12-13-35(20)33-18)11-7-10-21(36)32-25(28)29/h4-6,8-9,14,19H,7,10-13,15-16H2,1-3H3,(H,30,37)(H,31,40)(H4,28,29,32,36)/t19-/m0/s1. The summed E-state index contributed by atoms with van der Waals surface area (Å²) in [5.41, 5.74) is 5.20. The quantitative estimate of drug-likeness (QED) is 0.141. The van der Waals surface area contributed by atoms with E-state index in [1.807, 2.05) is 6.07 Å². The van der Waals surface area contributed by atoms with Crippen molar-refractivity contribution >= 4 is 35.7 Å². The van der Waals surface area contributed by atoms with Gasteiger partial charge in [0.15, 0.2) is 11.7 Å². The van der Waals surface area contributed by atoms with Crippen LogP contribution in [0.5, 0.6) is 0 Å². The monoisotopic (exact) mass is 584 g/mol. The minimum Gasteiger partial charge on any atom is -0.458 e. The summed E-state index contributed by atoms with van der Waals surface area (Å²) < 4.78 is 12.0. The summed E-state index contributed by atoms with van der Waals surface area (Å²) in [4.78, 5) is 64.3. The molecule has 1 aromatic carbocycles. The fourth-order valence-electron chi connectivity index (χ4n) is 3.96. The van der Waals surface area contributed by atoms with Crippen LogP contribution in [0.2, 0.25) is 0 Å². The lowest BCUT2D eigenvalue weighted by Gasteiger charge is -2.27. The highest BCUT2D eigenvalue weighted by Crippen LogP contribution is 2.15. The van der Waals surface area contributed by atoms with Crippen LogP contribution in [0.4, 0.5) is 4.79 Å². The lowest BCUT2D eigenvalue weighted by Crippen LogP contribution is -2.50. The van der Waals surface area contributed by atoms with Crippen molar-refractivity contribution in [2.24, 2.45) is 5.73 Å². The second-order valence-corrected chi connectivity index (χ2v) is 10.5. The van der Waals surface area contributed by atoms with Gasteiger partial charge < -0.3 is 30.7 Å². The molecule has 4 amide bonds. The van der Waals surface area contributed by atoms with E-state index in [4.69, 9.17) is 20.6 Å². The van der Waals surface area contributed by atoms with Crippen LogP contribution in [0, 0.1) is 5.41 Å². The Labute approximate surface area is 242 Å². The third-order valence-electron chi connectivity index (χ3n) is 5.87. The van der Waals surface area contributed by atoms with E-state index in [0.717, 1.165) is 5.56 Å². The zero-order valence-corrected chi connectivity index (χ0v) is 23.8. The number of fused-ring (bicyclic) bond motifs is 1. The molecule has 2 aromatic rings. The molecule has 15 nitrogen and oxygen atoms in total. The molecule has 0 fully saturated rings. The van der Waals surface area contributed by atoms with Crippen molar-refractivity contribution in [1.29, 1.82) is 5.41 Å². The van der Waals surface area contributed by atoms with Gasteiger partial charge in [0, 0.05) is 32.1 Å². The fourth-order valence-corrected chi connectivity index (χ4v) is 3.96. The topological polar surface area (TPSA) is 211 Å². The molecule has 6 N–H and O–H groups in total. The number of hydrogen-bond acceptors (Lipinski definition) is 9. The van der Waals surface area contributed by atoms with E-state index in [2.05, 4.69) is 21.0 Å². The molecule has 3 rings (SSSR count). The van der Waals surface area contributed by atoms with E-state index < -0.39 is 41.5 Å². The van der Waals surface area contributed by atoms with Gasteiger partial charge in [-0.05, 0) is 32.8 Å². The first-order chi connectivity index (χ1) is 19.8. The van der Waals surface area contributed by atoms with E-state index in [-0.39, 0.29) is 36.9 Å². The number of hydrogen-bond donors (Lipinski definition) is 5. The smallest absolute Gasteiger partial charge is 0.408 e. The largest absolute Gasteiger partial charge is 0.458 e. The molecule has 0 aliphatic carbocycles. The molecule has 1 aliphatic rings. The summed E-state index contributed by atoms with van der Waals surface area (Å²) in [6.45, 7) is 5.64. The maximum Gasteiger partial charge on any atom is 0.408 e. The van der Waals surface area contributed by atoms with Crippen LogP contribution in [0.1, 0.15) is 60.2 Å². The number of alkyl carbamates (subject to hydrolysis) is 1. The number of rotatable bonds is 11. The molecule has 2 heterocycles. The molecule has 0 saturated carbocycles. The summed E-state index contributed by atoms with van der Waals surface area (Å²) in [6.07, 6.45) is -0.423. The maximum absolute atomic E-state index is 12.9. The third kappa shape index (κ3) is 9.60. The number of aromatic nitrogens is 2. The Kier molecular flexibility index (Phi) is 10.6. The van der Waals surface area contributed by atoms with Gasteiger partial charge in [0.2, 0.25) is 5.91 Å². The molecule has 42 heavy (non-hydrogen) atoms. The van der Waals surface area contributed by atoms with Crippen LogP contribution >= 0.6 is 0 Å². The zero-order chi connectivity index (χ0) is 30.9. The van der Waals surface area contributed by atoms with E-state index in [0.29, 0.717) is 26.1 Å². The number of ether oxygens (including phenoxy) is 2. The zero-order valence-electron chi connectivity index (χ0n) is 23.8. The first-order valence-corrected chi connectivity index (χ1v) is 13.3. The van der Waals surface area contributed by atoms with Crippen molar-refractivity contribution in [3.8, 4) is 0 Å². The van der Waals surface area contributed by atoms with Crippen molar-refractivity contribution in [2.45, 2.75) is 58.4 Å². The lowest BCUT2D eigenvalue weighted by molar-refractivity contribution is -0.157. The highest BCUT2D eigenvalue weighted by atomic mass is 16.6. The van der Waals surface area contributed by atoms with E-state index in [9.17, 15) is 24.0 Å². The summed E-state index contributed by atoms with van der Waals surface area (Å²) >= 11 is 0. The van der Waals surface area contributed by atoms with Crippen molar-refractivity contribution in [2.75, 3.05) is 19.6 Å². The van der Waals surface area contributed by atoms with Crippen LogP contribution in [-0.4, -0.2) is 81.7 Å². The van der Waals surface area contributed by atoms with Gasteiger partial charge in [0.1, 0.15) is 23.9 Å². The average molecular weight is 585 g/mol. The van der Waals surface area contributed by atoms with Crippen molar-refractivity contribution in [1.82, 2.24) is 30.6 Å². The van der Waals surface area contributed by atoms with Crippen LogP contribution in [0.25, 0.3) is 0 Å². The number of nitrogens with one attached hydrogen (secondary N) is 4. The molecule has 1 aromatic heterocycles. The minimum atomic E-state index is -1.26. The summed E-state index contributed by atoms with van der Waals surface area (Å²) in [6, 6.07) is 9.07. The predicted molar refractivity (Wildman–Crippen MR) is 149 cm³/mol. The van der Waals surface area contributed by atoms with Gasteiger partial charge in [0.05, 0.1) is 6.54 Å². The predicted octanol–water partition coefficient (Wildman–Crippen LogP) is 0.495. The minimum absolute atomic E-state index is 0.0169. The van der Waals surface area contributed by atoms with Gasteiger partial charge in [-0.25, -0.2) is 9.59 Å². The summed E-state index contributed by atoms with van der Waals surface area (Å²) in [7, 11) is 0. The SMILES string of the molecule is CC(C)(C)OC(=O)[C@H](CNC(=O)c1cc2n(n1)CCN(CCCC(=O)NC(=N)N)C2=O)NC(=O)OCc1ccccc1. The lowest BCUT2D eigenvalue weighted by atomic mass is 10.2. The van der Waals surface area contributed by atoms with Gasteiger partial charge >= 0.3 is 12.1 Å². The maximum atomic E-state index is 12.9. The Morgan fingerprint density at radius 3 is 2.52 bits per heavy atom. The van der Waals surface area contributed by atoms with Crippen LogP contribution in [-0.2, 0) is 32.2 Å². The highest BCUT2D eigenvalue weighted by molar-refractivity contribution is 5.98. The highest BCUT2D eigenvalue weighted by Gasteiger charge is 2.30. The van der Waals surface area contributed by atoms with E-state index >= 15 is 0 Å². The van der Waals surface area contributed by atoms with E-state index in [1.54, 1.807) is 49.9 Å². The molecular weight excluding hydrogens is 548 g/mol. The molecule has 226 valence electrons. The molecule has 0 radical (unpaired) electrons. The normalized spacial score (nSPS) is 13.4. The number of nitrogens with zero attached hydrogens (tertiary/aromatic N) is 3. The second kappa shape index (κ2) is 14.1. The Hall–Kier alpha value is -4.95. The Morgan fingerprint density at radius 1 is 1.14 bits per heavy atom. The first kappa shape index (κ1) is 31.6. The van der Waals surface area contributed by atoms with Gasteiger partial charge in [-0.3, -0.25) is 29.8 Å². The van der Waals surface area contributed by atoms with Gasteiger partial charge in [-0.2, -0.15) is 5.10 Å². The number of carbonyl (C=O) groups excluding carboxylic acids is 5. The molecule has 15 heteroatoms. The molecule has 0 spiro atoms. The van der Waals surface area contributed by atoms with Crippen LogP contribution in [0.3, 0.4) is 0 Å². The van der Waals surface area contributed by atoms with Crippen LogP contribution < -0.4 is 21.7 Å². The molecule has 1 atom stereocenters. The van der Waals surface area contributed by atoms with Gasteiger partial charge in [-0.15, -0.1) is 0 Å². The second-order valence-electron chi connectivity index (χ2n) is 10.5. The van der Waals surface area contributed by atoms with Crippen molar-refractivity contribution in [3.05, 3.63) is 53.3 Å². The summed E-state index contributed by atoms with van der Waals surface area (Å²) in [5.74, 6) is -2.65. The Bertz CT molecular complexity index is 1320. The number of guanidine groups is 1.